The van der Waals surface area contributed by atoms with Crippen molar-refractivity contribution >= 4 is 29.1 Å². The van der Waals surface area contributed by atoms with E-state index in [1.54, 1.807) is 0 Å². The fourth-order valence-electron chi connectivity index (χ4n) is 3.38. The maximum absolute atomic E-state index is 12.8. The fourth-order valence-corrected chi connectivity index (χ4v) is 3.38. The van der Waals surface area contributed by atoms with Gasteiger partial charge in [0.25, 0.3) is 0 Å². The highest BCUT2D eigenvalue weighted by atomic mass is 35.5. The summed E-state index contributed by atoms with van der Waals surface area (Å²) in [4.78, 5) is 14.6. The van der Waals surface area contributed by atoms with Gasteiger partial charge in [0.2, 0.25) is 5.91 Å². The summed E-state index contributed by atoms with van der Waals surface area (Å²) in [6, 6.07) is 14.8. The Morgan fingerprint density at radius 3 is 2.65 bits per heavy atom. The Bertz CT molecular complexity index is 680. The number of hydrogen-bond acceptors (Lipinski definition) is 2. The van der Waals surface area contributed by atoms with Gasteiger partial charge in [-0.25, -0.2) is 0 Å². The molecule has 1 atom stereocenters. The van der Waals surface area contributed by atoms with Gasteiger partial charge in [-0.3, -0.25) is 4.79 Å². The Morgan fingerprint density at radius 2 is 1.96 bits per heavy atom. The highest BCUT2D eigenvalue weighted by Crippen LogP contribution is 2.28. The van der Waals surface area contributed by atoms with E-state index in [9.17, 15) is 4.79 Å². The predicted molar refractivity (Wildman–Crippen MR) is 97.9 cm³/mol. The molecule has 4 heteroatoms. The third-order valence-electron chi connectivity index (χ3n) is 4.69. The van der Waals surface area contributed by atoms with Crippen LogP contribution in [0, 0.1) is 5.41 Å². The maximum Gasteiger partial charge on any atom is 0.229 e. The van der Waals surface area contributed by atoms with E-state index in [1.165, 1.54) is 16.3 Å². The van der Waals surface area contributed by atoms with Crippen molar-refractivity contribution in [1.29, 1.82) is 0 Å². The Kier molecular flexibility index (Phi) is 5.66. The zero-order valence-corrected chi connectivity index (χ0v) is 14.7. The number of hydrogen-bond donors (Lipinski definition) is 1. The van der Waals surface area contributed by atoms with Crippen LogP contribution in [0.15, 0.2) is 42.5 Å². The normalized spacial score (nSPS) is 20.8. The van der Waals surface area contributed by atoms with Crippen LogP contribution in [0.25, 0.3) is 10.8 Å². The molecular weight excluding hydrogens is 308 g/mol. The fraction of sp³-hybridized carbons (Fsp3) is 0.421. The van der Waals surface area contributed by atoms with E-state index in [-0.39, 0.29) is 23.7 Å². The molecule has 1 N–H and O–H groups in total. The minimum atomic E-state index is -0.260. The van der Waals surface area contributed by atoms with Crippen LogP contribution >= 0.6 is 12.4 Å². The molecule has 1 heterocycles. The number of nitrogens with one attached hydrogen (secondary N) is 1. The molecule has 3 rings (SSSR count). The quantitative estimate of drug-likeness (QED) is 0.931. The monoisotopic (exact) mass is 332 g/mol. The van der Waals surface area contributed by atoms with Gasteiger partial charge < -0.3 is 10.2 Å². The van der Waals surface area contributed by atoms with E-state index in [1.807, 2.05) is 11.9 Å². The molecule has 1 aliphatic rings. The molecule has 0 spiro atoms. The highest BCUT2D eigenvalue weighted by molar-refractivity contribution is 5.85. The molecule has 1 amide bonds. The van der Waals surface area contributed by atoms with Crippen molar-refractivity contribution in [2.75, 3.05) is 20.1 Å². The van der Waals surface area contributed by atoms with Gasteiger partial charge in [0.1, 0.15) is 0 Å². The molecule has 0 radical (unpaired) electrons. The summed E-state index contributed by atoms with van der Waals surface area (Å²) in [6.07, 6.45) is 2.05. The molecule has 1 aliphatic heterocycles. The lowest BCUT2D eigenvalue weighted by molar-refractivity contribution is -0.141. The molecule has 1 fully saturated rings. The molecule has 1 saturated heterocycles. The molecule has 2 aromatic carbocycles. The first kappa shape index (κ1) is 17.8. The maximum atomic E-state index is 12.8. The molecule has 0 aliphatic carbocycles. The first-order valence-corrected chi connectivity index (χ1v) is 8.02. The third-order valence-corrected chi connectivity index (χ3v) is 4.69. The smallest absolute Gasteiger partial charge is 0.229 e. The van der Waals surface area contributed by atoms with Crippen molar-refractivity contribution in [2.45, 2.75) is 26.3 Å². The number of halogens is 1. The molecule has 1 unspecified atom stereocenters. The topological polar surface area (TPSA) is 32.3 Å². The van der Waals surface area contributed by atoms with Gasteiger partial charge in [0.05, 0.1) is 5.41 Å². The van der Waals surface area contributed by atoms with Crippen LogP contribution in [0.2, 0.25) is 0 Å². The average Bonchev–Trinajstić information content (AvgIpc) is 2.54. The van der Waals surface area contributed by atoms with Gasteiger partial charge in [-0.15, -0.1) is 12.4 Å². The summed E-state index contributed by atoms with van der Waals surface area (Å²) in [5.41, 5.74) is 0.922. The SMILES string of the molecule is CN(Cc1ccc2ccccc2c1)C(=O)C1(C)CCCNC1.Cl. The van der Waals surface area contributed by atoms with Crippen LogP contribution in [-0.2, 0) is 11.3 Å². The van der Waals surface area contributed by atoms with E-state index >= 15 is 0 Å². The van der Waals surface area contributed by atoms with E-state index < -0.39 is 0 Å². The second-order valence-electron chi connectivity index (χ2n) is 6.68. The summed E-state index contributed by atoms with van der Waals surface area (Å²) in [5, 5.41) is 5.82. The lowest BCUT2D eigenvalue weighted by Gasteiger charge is -2.36. The number of rotatable bonds is 3. The summed E-state index contributed by atoms with van der Waals surface area (Å²) in [6.45, 7) is 4.56. The summed E-state index contributed by atoms with van der Waals surface area (Å²) < 4.78 is 0. The van der Waals surface area contributed by atoms with Crippen molar-refractivity contribution in [3.8, 4) is 0 Å². The van der Waals surface area contributed by atoms with Crippen molar-refractivity contribution in [3.63, 3.8) is 0 Å². The number of piperidine rings is 1. The Labute approximate surface area is 144 Å². The molecule has 0 aromatic heterocycles. The van der Waals surface area contributed by atoms with Crippen LogP contribution in [-0.4, -0.2) is 30.9 Å². The summed E-state index contributed by atoms with van der Waals surface area (Å²) in [7, 11) is 1.91. The van der Waals surface area contributed by atoms with Gasteiger partial charge in [-0.05, 0) is 48.7 Å². The van der Waals surface area contributed by atoms with E-state index in [0.29, 0.717) is 6.54 Å². The molecule has 2 aromatic rings. The van der Waals surface area contributed by atoms with Gasteiger partial charge in [-0.2, -0.15) is 0 Å². The van der Waals surface area contributed by atoms with E-state index in [4.69, 9.17) is 0 Å². The van der Waals surface area contributed by atoms with Crippen molar-refractivity contribution in [1.82, 2.24) is 10.2 Å². The molecule has 0 saturated carbocycles. The summed E-state index contributed by atoms with van der Waals surface area (Å²) >= 11 is 0. The number of fused-ring (bicyclic) bond motifs is 1. The zero-order valence-electron chi connectivity index (χ0n) is 13.8. The van der Waals surface area contributed by atoms with Crippen LogP contribution in [0.4, 0.5) is 0 Å². The van der Waals surface area contributed by atoms with Crippen LogP contribution in [0.1, 0.15) is 25.3 Å². The first-order chi connectivity index (χ1) is 10.6. The number of nitrogens with zero attached hydrogens (tertiary/aromatic N) is 1. The summed E-state index contributed by atoms with van der Waals surface area (Å²) in [5.74, 6) is 0.243. The predicted octanol–water partition coefficient (Wildman–Crippen LogP) is 3.61. The van der Waals surface area contributed by atoms with Crippen LogP contribution in [0.5, 0.6) is 0 Å². The second-order valence-corrected chi connectivity index (χ2v) is 6.68. The average molecular weight is 333 g/mol. The van der Waals surface area contributed by atoms with E-state index in [0.717, 1.165) is 25.9 Å². The van der Waals surface area contributed by atoms with Crippen molar-refractivity contribution in [3.05, 3.63) is 48.0 Å². The second kappa shape index (κ2) is 7.33. The number of carbonyl (C=O) groups excluding carboxylic acids is 1. The minimum Gasteiger partial charge on any atom is -0.341 e. The molecule has 23 heavy (non-hydrogen) atoms. The lowest BCUT2D eigenvalue weighted by atomic mass is 9.81. The van der Waals surface area contributed by atoms with Crippen molar-refractivity contribution < 1.29 is 4.79 Å². The highest BCUT2D eigenvalue weighted by Gasteiger charge is 2.36. The lowest BCUT2D eigenvalue weighted by Crippen LogP contribution is -2.48. The number of benzene rings is 2. The van der Waals surface area contributed by atoms with Crippen molar-refractivity contribution in [2.24, 2.45) is 5.41 Å². The Hall–Kier alpha value is -1.58. The molecule has 3 nitrogen and oxygen atoms in total. The van der Waals surface area contributed by atoms with E-state index in [2.05, 4.69) is 54.7 Å². The Balaban J connectivity index is 0.00000192. The number of amides is 1. The Morgan fingerprint density at radius 1 is 1.22 bits per heavy atom. The van der Waals surface area contributed by atoms with Crippen LogP contribution < -0.4 is 5.32 Å². The molecule has 0 bridgehead atoms. The standard InChI is InChI=1S/C19H24N2O.ClH/c1-19(10-5-11-20-14-19)18(22)21(2)13-15-8-9-16-6-3-4-7-17(16)12-15;/h3-4,6-9,12,20H,5,10-11,13-14H2,1-2H3;1H. The first-order valence-electron chi connectivity index (χ1n) is 8.02. The largest absolute Gasteiger partial charge is 0.341 e. The third kappa shape index (κ3) is 3.85. The van der Waals surface area contributed by atoms with Gasteiger partial charge in [0, 0.05) is 20.1 Å². The molecule has 124 valence electrons. The minimum absolute atomic E-state index is 0. The zero-order chi connectivity index (χ0) is 15.6. The number of carbonyl (C=O) groups is 1. The van der Waals surface area contributed by atoms with Gasteiger partial charge in [-0.1, -0.05) is 36.4 Å². The van der Waals surface area contributed by atoms with Crippen LogP contribution in [0.3, 0.4) is 0 Å². The van der Waals surface area contributed by atoms with Gasteiger partial charge in [0.15, 0.2) is 0 Å². The van der Waals surface area contributed by atoms with Gasteiger partial charge >= 0.3 is 0 Å². The molecular formula is C19H25ClN2O.